The van der Waals surface area contributed by atoms with Crippen LogP contribution in [-0.4, -0.2) is 119 Å². The van der Waals surface area contributed by atoms with Gasteiger partial charge in [0.1, 0.15) is 17.3 Å². The number of aryl methyl sites for hydroxylation is 2. The molecule has 3 amide bonds. The molecular weight excluding hydrogens is 854 g/mol. The van der Waals surface area contributed by atoms with Crippen molar-refractivity contribution < 1.29 is 28.7 Å². The minimum Gasteiger partial charge on any atom is -0.379 e. The molecular formula is C46H54ClN11O7. The van der Waals surface area contributed by atoms with E-state index >= 15 is 0 Å². The molecule has 0 radical (unpaired) electrons. The molecule has 1 saturated heterocycles. The molecule has 1 aliphatic heterocycles. The van der Waals surface area contributed by atoms with E-state index in [2.05, 4.69) is 46.0 Å². The van der Waals surface area contributed by atoms with Gasteiger partial charge in [0.25, 0.3) is 11.5 Å². The van der Waals surface area contributed by atoms with Gasteiger partial charge in [-0.15, -0.1) is 0 Å². The van der Waals surface area contributed by atoms with Crippen LogP contribution in [0.2, 0.25) is 5.02 Å². The number of nitrogens with one attached hydrogen (secondary N) is 4. The monoisotopic (exact) mass is 907 g/mol. The first-order valence-corrected chi connectivity index (χ1v) is 22.2. The minimum absolute atomic E-state index is 0.00937. The van der Waals surface area contributed by atoms with Crippen LogP contribution in [0.3, 0.4) is 0 Å². The molecule has 4 N–H and O–H groups in total. The van der Waals surface area contributed by atoms with Crippen LogP contribution in [0.4, 0.5) is 29.0 Å². The highest BCUT2D eigenvalue weighted by molar-refractivity contribution is 6.35. The lowest BCUT2D eigenvalue weighted by Gasteiger charge is -2.35. The predicted molar refractivity (Wildman–Crippen MR) is 248 cm³/mol. The lowest BCUT2D eigenvalue weighted by atomic mass is 10.0. The van der Waals surface area contributed by atoms with E-state index < -0.39 is 5.91 Å². The fourth-order valence-electron chi connectivity index (χ4n) is 8.04. The number of halogens is 1. The third-order valence-electron chi connectivity index (χ3n) is 11.4. The summed E-state index contributed by atoms with van der Waals surface area (Å²) in [6, 6.07) is 12.2. The van der Waals surface area contributed by atoms with Crippen molar-refractivity contribution >= 4 is 75.1 Å². The van der Waals surface area contributed by atoms with Crippen molar-refractivity contribution in [1.82, 2.24) is 34.7 Å². The molecule has 19 heteroatoms. The topological polar surface area (TPSA) is 215 Å². The van der Waals surface area contributed by atoms with E-state index in [9.17, 15) is 24.0 Å². The van der Waals surface area contributed by atoms with E-state index in [4.69, 9.17) is 26.1 Å². The Bertz CT molecular complexity index is 2560. The highest BCUT2D eigenvalue weighted by atomic mass is 35.5. The zero-order valence-electron chi connectivity index (χ0n) is 36.8. The molecule has 0 spiro atoms. The van der Waals surface area contributed by atoms with Gasteiger partial charge in [-0.2, -0.15) is 4.98 Å². The lowest BCUT2D eigenvalue weighted by Crippen LogP contribution is -2.49. The predicted octanol–water partition coefficient (Wildman–Crippen LogP) is 5.47. The fourth-order valence-corrected chi connectivity index (χ4v) is 8.30. The summed E-state index contributed by atoms with van der Waals surface area (Å²) in [4.78, 5) is 86.6. The number of carbonyl (C=O) groups is 4. The fraction of sp³-hybridized carbons (Fsp3) is 0.413. The smallest absolute Gasteiger partial charge is 0.263 e. The van der Waals surface area contributed by atoms with Gasteiger partial charge in [-0.3, -0.25) is 33.4 Å². The number of carbonyl (C=O) groups excluding carboxylic acids is 4. The maximum Gasteiger partial charge on any atom is 0.263 e. The zero-order chi connectivity index (χ0) is 45.9. The lowest BCUT2D eigenvalue weighted by molar-refractivity contribution is -0.122. The Balaban J connectivity index is 0.767. The highest BCUT2D eigenvalue weighted by Crippen LogP contribution is 2.32. The number of fused-ring (bicyclic) bond motifs is 1. The van der Waals surface area contributed by atoms with Gasteiger partial charge in [0.15, 0.2) is 5.78 Å². The normalized spacial score (nSPS) is 14.4. The van der Waals surface area contributed by atoms with Gasteiger partial charge in [-0.25, -0.2) is 15.0 Å². The van der Waals surface area contributed by atoms with Gasteiger partial charge in [0.2, 0.25) is 17.8 Å². The van der Waals surface area contributed by atoms with Crippen LogP contribution in [0.5, 0.6) is 0 Å². The van der Waals surface area contributed by atoms with Crippen molar-refractivity contribution in [2.75, 3.05) is 86.5 Å². The van der Waals surface area contributed by atoms with Gasteiger partial charge in [-0.05, 0) is 75.1 Å². The molecule has 342 valence electrons. The SMILES string of the molecule is CC(=O)c1c(C)c2cnc(Nc3ccc(N4CCN(CC(=O)NCCOCCOCCC(=O)Nc5cccc(Cl)c5C(=O)Nc5ccc(C)cn5)CC4)cn3)nc2n(C2CCCC2)c1=O. The number of aromatic nitrogens is 5. The number of hydrogen-bond acceptors (Lipinski definition) is 14. The van der Waals surface area contributed by atoms with Gasteiger partial charge < -0.3 is 35.6 Å². The van der Waals surface area contributed by atoms with Crippen molar-refractivity contribution in [1.29, 1.82) is 0 Å². The van der Waals surface area contributed by atoms with E-state index in [1.54, 1.807) is 54.3 Å². The summed E-state index contributed by atoms with van der Waals surface area (Å²) < 4.78 is 12.8. The zero-order valence-corrected chi connectivity index (χ0v) is 37.6. The summed E-state index contributed by atoms with van der Waals surface area (Å²) in [7, 11) is 0. The second-order valence-corrected chi connectivity index (χ2v) is 16.5. The number of amides is 3. The Labute approximate surface area is 381 Å². The summed E-state index contributed by atoms with van der Waals surface area (Å²) >= 11 is 6.32. The van der Waals surface area contributed by atoms with Crippen LogP contribution in [0.1, 0.15) is 76.9 Å². The van der Waals surface area contributed by atoms with Gasteiger partial charge in [0.05, 0.1) is 73.1 Å². The van der Waals surface area contributed by atoms with Crippen LogP contribution in [0.15, 0.2) is 65.8 Å². The molecule has 1 saturated carbocycles. The average Bonchev–Trinajstić information content (AvgIpc) is 3.82. The van der Waals surface area contributed by atoms with E-state index in [-0.39, 0.29) is 77.2 Å². The number of rotatable bonds is 19. The molecule has 1 aliphatic carbocycles. The first-order chi connectivity index (χ1) is 31.4. The molecule has 4 aromatic heterocycles. The number of anilines is 5. The van der Waals surface area contributed by atoms with Crippen molar-refractivity contribution in [3.05, 3.63) is 98.7 Å². The number of Topliss-reactive ketones (excluding diaryl/α,β-unsaturated/α-hetero) is 1. The molecule has 2 aliphatic rings. The van der Waals surface area contributed by atoms with Gasteiger partial charge >= 0.3 is 0 Å². The first kappa shape index (κ1) is 46.6. The molecule has 0 atom stereocenters. The summed E-state index contributed by atoms with van der Waals surface area (Å²) in [5.74, 6) is 0.0511. The van der Waals surface area contributed by atoms with Crippen molar-refractivity contribution in [2.45, 2.75) is 58.9 Å². The quantitative estimate of drug-likeness (QED) is 0.0598. The third kappa shape index (κ3) is 12.1. The summed E-state index contributed by atoms with van der Waals surface area (Å²) in [6.07, 6.45) is 8.93. The van der Waals surface area contributed by atoms with E-state index in [1.807, 2.05) is 25.1 Å². The summed E-state index contributed by atoms with van der Waals surface area (Å²) in [6.45, 7) is 9.62. The Morgan fingerprint density at radius 2 is 1.54 bits per heavy atom. The molecule has 2 fully saturated rings. The Morgan fingerprint density at radius 1 is 0.800 bits per heavy atom. The molecule has 1 aromatic carbocycles. The average molecular weight is 908 g/mol. The molecule has 7 rings (SSSR count). The van der Waals surface area contributed by atoms with Crippen LogP contribution in [-0.2, 0) is 19.1 Å². The number of ketones is 1. The molecule has 0 unspecified atom stereocenters. The highest BCUT2D eigenvalue weighted by Gasteiger charge is 2.26. The van der Waals surface area contributed by atoms with E-state index in [1.165, 1.54) is 6.92 Å². The molecule has 5 aromatic rings. The van der Waals surface area contributed by atoms with E-state index in [0.29, 0.717) is 67.0 Å². The van der Waals surface area contributed by atoms with Crippen LogP contribution < -0.4 is 31.7 Å². The number of nitrogens with zero attached hydrogens (tertiary/aromatic N) is 7. The molecule has 18 nitrogen and oxygen atoms in total. The molecule has 65 heavy (non-hydrogen) atoms. The number of hydrogen-bond donors (Lipinski definition) is 4. The van der Waals surface area contributed by atoms with Crippen molar-refractivity contribution in [3.8, 4) is 0 Å². The van der Waals surface area contributed by atoms with Crippen LogP contribution in [0, 0.1) is 13.8 Å². The van der Waals surface area contributed by atoms with Crippen molar-refractivity contribution in [3.63, 3.8) is 0 Å². The number of piperazine rings is 1. The number of pyridine rings is 3. The Kier molecular flexibility index (Phi) is 15.8. The summed E-state index contributed by atoms with van der Waals surface area (Å²) in [5, 5.41) is 12.4. The second-order valence-electron chi connectivity index (χ2n) is 16.1. The Hall–Kier alpha value is -6.34. The summed E-state index contributed by atoms with van der Waals surface area (Å²) in [5.41, 5.74) is 3.34. The second kappa shape index (κ2) is 22.0. The maximum atomic E-state index is 13.6. The molecule has 0 bridgehead atoms. The van der Waals surface area contributed by atoms with Gasteiger partial charge in [-0.1, -0.05) is 36.6 Å². The van der Waals surface area contributed by atoms with Crippen LogP contribution >= 0.6 is 11.6 Å². The largest absolute Gasteiger partial charge is 0.379 e. The number of benzene rings is 1. The molecule has 5 heterocycles. The van der Waals surface area contributed by atoms with E-state index in [0.717, 1.165) is 50.0 Å². The van der Waals surface area contributed by atoms with Crippen LogP contribution in [0.25, 0.3) is 11.0 Å². The number of ether oxygens (including phenoxy) is 2. The van der Waals surface area contributed by atoms with Crippen molar-refractivity contribution in [2.24, 2.45) is 0 Å². The maximum absolute atomic E-state index is 13.6. The Morgan fingerprint density at radius 3 is 2.25 bits per heavy atom. The minimum atomic E-state index is -0.495. The standard InChI is InChI=1S/C46H54ClN11O7/c1-29-11-13-37(49-25-29)53-44(62)42-35(47)9-6-10-36(42)52-39(60)15-21-64-23-24-65-22-16-48-40(61)28-56-17-19-57(20-18-56)33-12-14-38(50-26-33)54-46-51-27-34-30(2)41(31(3)59)45(63)58(43(34)55-46)32-7-4-5-8-32/h6,9-14,25-27,32H,4-5,7-8,15-24,28H2,1-3H3,(H,48,61)(H,52,60)(H,49,53,62)(H,50,51,54,55). The van der Waals surface area contributed by atoms with Gasteiger partial charge in [0, 0.05) is 56.5 Å². The first-order valence-electron chi connectivity index (χ1n) is 21.8. The third-order valence-corrected chi connectivity index (χ3v) is 11.7.